The fourth-order valence-electron chi connectivity index (χ4n) is 1.78. The molecule has 1 aliphatic heterocycles. The lowest BCUT2D eigenvalue weighted by Crippen LogP contribution is -2.43. The third-order valence-corrected chi connectivity index (χ3v) is 3.24. The van der Waals surface area contributed by atoms with Gasteiger partial charge in [0.2, 0.25) is 0 Å². The molecule has 1 fully saturated rings. The molecule has 1 aliphatic rings. The molecular formula is C11H14ClFN2O2. The Morgan fingerprint density at radius 2 is 2.53 bits per heavy atom. The van der Waals surface area contributed by atoms with E-state index >= 15 is 0 Å². The Kier molecular flexibility index (Phi) is 3.51. The summed E-state index contributed by atoms with van der Waals surface area (Å²) in [7, 11) is 0. The van der Waals surface area contributed by atoms with E-state index in [0.717, 1.165) is 0 Å². The predicted molar refractivity (Wildman–Crippen MR) is 62.7 cm³/mol. The van der Waals surface area contributed by atoms with Gasteiger partial charge in [0.25, 0.3) is 0 Å². The topological polar surface area (TPSA) is 54.4 Å². The minimum absolute atomic E-state index is 0.0851. The van der Waals surface area contributed by atoms with E-state index in [-0.39, 0.29) is 23.5 Å². The van der Waals surface area contributed by atoms with Crippen LogP contribution >= 0.6 is 11.6 Å². The second-order valence-corrected chi connectivity index (χ2v) is 4.64. The fraction of sp³-hybridized carbons (Fsp3) is 0.545. The highest BCUT2D eigenvalue weighted by molar-refractivity contribution is 6.30. The number of aliphatic hydroxyl groups is 1. The van der Waals surface area contributed by atoms with Crippen LogP contribution in [0.25, 0.3) is 0 Å². The van der Waals surface area contributed by atoms with Crippen molar-refractivity contribution in [2.24, 2.45) is 0 Å². The van der Waals surface area contributed by atoms with Gasteiger partial charge in [-0.15, -0.1) is 0 Å². The minimum Gasteiger partial charge on any atom is -0.385 e. The van der Waals surface area contributed by atoms with E-state index < -0.39 is 11.4 Å². The van der Waals surface area contributed by atoms with E-state index in [2.05, 4.69) is 10.3 Å². The number of hydrogen-bond donors (Lipinski definition) is 2. The maximum Gasteiger partial charge on any atom is 0.166 e. The quantitative estimate of drug-likeness (QED) is 0.871. The van der Waals surface area contributed by atoms with Crippen LogP contribution in [0.4, 0.5) is 10.2 Å². The third-order valence-electron chi connectivity index (χ3n) is 3.03. The van der Waals surface area contributed by atoms with Crippen molar-refractivity contribution in [3.8, 4) is 0 Å². The van der Waals surface area contributed by atoms with Crippen LogP contribution in [0.15, 0.2) is 12.3 Å². The van der Waals surface area contributed by atoms with Gasteiger partial charge in [-0.3, -0.25) is 0 Å². The maximum absolute atomic E-state index is 13.4. The number of rotatable bonds is 3. The molecule has 2 rings (SSSR count). The molecular weight excluding hydrogens is 247 g/mol. The van der Waals surface area contributed by atoms with Gasteiger partial charge < -0.3 is 15.2 Å². The van der Waals surface area contributed by atoms with Crippen molar-refractivity contribution >= 4 is 17.4 Å². The van der Waals surface area contributed by atoms with Crippen molar-refractivity contribution in [3.05, 3.63) is 23.1 Å². The molecule has 0 aliphatic carbocycles. The highest BCUT2D eigenvalue weighted by atomic mass is 35.5. The van der Waals surface area contributed by atoms with E-state index in [1.807, 2.05) is 0 Å². The zero-order valence-corrected chi connectivity index (χ0v) is 10.2. The molecule has 1 aromatic heterocycles. The normalized spacial score (nSPS) is 28.4. The highest BCUT2D eigenvalue weighted by Crippen LogP contribution is 2.26. The summed E-state index contributed by atoms with van der Waals surface area (Å²) in [6.45, 7) is 2.50. The smallest absolute Gasteiger partial charge is 0.166 e. The van der Waals surface area contributed by atoms with Crippen molar-refractivity contribution in [2.45, 2.75) is 25.0 Å². The summed E-state index contributed by atoms with van der Waals surface area (Å²) in [4.78, 5) is 3.82. The molecule has 0 bridgehead atoms. The molecule has 1 aromatic rings. The first-order valence-electron chi connectivity index (χ1n) is 5.40. The molecule has 0 amide bonds. The van der Waals surface area contributed by atoms with Crippen LogP contribution < -0.4 is 5.32 Å². The third kappa shape index (κ3) is 2.68. The van der Waals surface area contributed by atoms with Crippen LogP contribution in [0.1, 0.15) is 13.3 Å². The molecule has 2 atom stereocenters. The number of nitrogens with zero attached hydrogens (tertiary/aromatic N) is 1. The van der Waals surface area contributed by atoms with Gasteiger partial charge in [-0.1, -0.05) is 11.6 Å². The van der Waals surface area contributed by atoms with Gasteiger partial charge in [0.05, 0.1) is 11.1 Å². The standard InChI is InChI=1S/C11H14ClFN2O2/c1-7-11(16,2-3-17-7)6-15-10-9(13)4-8(12)5-14-10/h4-5,7,16H,2-3,6H2,1H3,(H,14,15). The molecule has 1 saturated heterocycles. The van der Waals surface area contributed by atoms with E-state index in [4.69, 9.17) is 16.3 Å². The Bertz CT molecular complexity index is 418. The maximum atomic E-state index is 13.4. The number of hydrogen-bond acceptors (Lipinski definition) is 4. The van der Waals surface area contributed by atoms with Crippen LogP contribution in [0.3, 0.4) is 0 Å². The average molecular weight is 261 g/mol. The van der Waals surface area contributed by atoms with Crippen molar-refractivity contribution in [1.29, 1.82) is 0 Å². The minimum atomic E-state index is -0.978. The zero-order chi connectivity index (χ0) is 12.5. The first kappa shape index (κ1) is 12.5. The van der Waals surface area contributed by atoms with E-state index in [9.17, 15) is 9.50 Å². The van der Waals surface area contributed by atoms with Crippen molar-refractivity contribution in [3.63, 3.8) is 0 Å². The number of nitrogens with one attached hydrogen (secondary N) is 1. The van der Waals surface area contributed by atoms with E-state index in [0.29, 0.717) is 13.0 Å². The number of ether oxygens (including phenoxy) is 1. The molecule has 0 spiro atoms. The van der Waals surface area contributed by atoms with E-state index in [1.165, 1.54) is 12.3 Å². The average Bonchev–Trinajstić information content (AvgIpc) is 2.59. The SMILES string of the molecule is CC1OCCC1(O)CNc1ncc(Cl)cc1F. The summed E-state index contributed by atoms with van der Waals surface area (Å²) in [6, 6.07) is 1.18. The molecule has 0 aromatic carbocycles. The molecule has 2 N–H and O–H groups in total. The van der Waals surface area contributed by atoms with Crippen molar-refractivity contribution in [1.82, 2.24) is 4.98 Å². The van der Waals surface area contributed by atoms with Crippen LogP contribution in [0.5, 0.6) is 0 Å². The van der Waals surface area contributed by atoms with Crippen LogP contribution in [0.2, 0.25) is 5.02 Å². The van der Waals surface area contributed by atoms with Crippen LogP contribution in [0, 0.1) is 5.82 Å². The lowest BCUT2D eigenvalue weighted by Gasteiger charge is -2.26. The predicted octanol–water partition coefficient (Wildman–Crippen LogP) is 1.83. The molecule has 17 heavy (non-hydrogen) atoms. The Morgan fingerprint density at radius 3 is 3.12 bits per heavy atom. The van der Waals surface area contributed by atoms with Gasteiger partial charge in [-0.2, -0.15) is 0 Å². The Balaban J connectivity index is 2.02. The number of anilines is 1. The molecule has 2 heterocycles. The lowest BCUT2D eigenvalue weighted by atomic mass is 9.97. The van der Waals surface area contributed by atoms with Crippen molar-refractivity contribution in [2.75, 3.05) is 18.5 Å². The summed E-state index contributed by atoms with van der Waals surface area (Å²) in [5, 5.41) is 13.2. The van der Waals surface area contributed by atoms with Gasteiger partial charge in [-0.25, -0.2) is 9.37 Å². The number of aromatic nitrogens is 1. The number of pyridine rings is 1. The van der Waals surface area contributed by atoms with Gasteiger partial charge in [0.15, 0.2) is 11.6 Å². The van der Waals surface area contributed by atoms with Crippen LogP contribution in [-0.2, 0) is 4.74 Å². The van der Waals surface area contributed by atoms with Crippen molar-refractivity contribution < 1.29 is 14.2 Å². The monoisotopic (exact) mass is 260 g/mol. The molecule has 0 radical (unpaired) electrons. The van der Waals surface area contributed by atoms with Gasteiger partial charge in [-0.05, 0) is 13.0 Å². The summed E-state index contributed by atoms with van der Waals surface area (Å²) in [6.07, 6.45) is 1.60. The van der Waals surface area contributed by atoms with Gasteiger partial charge >= 0.3 is 0 Å². The molecule has 2 unspecified atom stereocenters. The lowest BCUT2D eigenvalue weighted by molar-refractivity contribution is -0.0176. The van der Waals surface area contributed by atoms with Gasteiger partial charge in [0, 0.05) is 25.8 Å². The zero-order valence-electron chi connectivity index (χ0n) is 9.41. The summed E-state index contributed by atoms with van der Waals surface area (Å²) < 4.78 is 18.7. The molecule has 0 saturated carbocycles. The second kappa shape index (κ2) is 4.76. The summed E-state index contributed by atoms with van der Waals surface area (Å²) >= 11 is 5.60. The summed E-state index contributed by atoms with van der Waals surface area (Å²) in [5.41, 5.74) is -0.978. The molecule has 4 nitrogen and oxygen atoms in total. The first-order chi connectivity index (χ1) is 8.01. The highest BCUT2D eigenvalue weighted by Gasteiger charge is 2.39. The second-order valence-electron chi connectivity index (χ2n) is 4.20. The fourth-order valence-corrected chi connectivity index (χ4v) is 1.93. The Labute approximate surface area is 104 Å². The summed E-state index contributed by atoms with van der Waals surface area (Å²) in [5.74, 6) is -0.449. The van der Waals surface area contributed by atoms with Crippen LogP contribution in [-0.4, -0.2) is 34.9 Å². The van der Waals surface area contributed by atoms with Gasteiger partial charge in [0.1, 0.15) is 5.60 Å². The van der Waals surface area contributed by atoms with E-state index in [1.54, 1.807) is 6.92 Å². The largest absolute Gasteiger partial charge is 0.385 e. The Morgan fingerprint density at radius 1 is 1.76 bits per heavy atom. The molecule has 94 valence electrons. The number of halogens is 2. The first-order valence-corrected chi connectivity index (χ1v) is 5.78. The molecule has 6 heteroatoms. The Hall–Kier alpha value is -0.910.